The second-order valence-electron chi connectivity index (χ2n) is 8.97. The molecule has 1 unspecified atom stereocenters. The Labute approximate surface area is 234 Å². The number of hydrogen-bond donors (Lipinski definition) is 1. The highest BCUT2D eigenvalue weighted by Crippen LogP contribution is 2.48. The van der Waals surface area contributed by atoms with Crippen molar-refractivity contribution in [3.63, 3.8) is 0 Å². The van der Waals surface area contributed by atoms with Crippen LogP contribution in [0.25, 0.3) is 0 Å². The van der Waals surface area contributed by atoms with E-state index in [1.54, 1.807) is 48.5 Å². The summed E-state index contributed by atoms with van der Waals surface area (Å²) in [6.45, 7) is 1.75. The van der Waals surface area contributed by atoms with Crippen LogP contribution in [0.3, 0.4) is 0 Å². The molecule has 0 fully saturated rings. The summed E-state index contributed by atoms with van der Waals surface area (Å²) < 4.78 is 25.5. The van der Waals surface area contributed by atoms with Crippen molar-refractivity contribution in [2.45, 2.75) is 18.9 Å². The molecule has 0 aromatic heterocycles. The van der Waals surface area contributed by atoms with Gasteiger partial charge in [0.25, 0.3) is 5.91 Å². The normalized spacial score (nSPS) is 14.5. The van der Waals surface area contributed by atoms with E-state index >= 15 is 0 Å². The Morgan fingerprint density at radius 1 is 0.975 bits per heavy atom. The zero-order valence-electron chi connectivity index (χ0n) is 21.7. The van der Waals surface area contributed by atoms with E-state index in [1.807, 2.05) is 18.2 Å². The molecule has 1 aliphatic heterocycles. The van der Waals surface area contributed by atoms with Crippen LogP contribution >= 0.6 is 11.8 Å². The van der Waals surface area contributed by atoms with Crippen LogP contribution in [0.1, 0.15) is 49.7 Å². The van der Waals surface area contributed by atoms with Crippen LogP contribution < -0.4 is 9.47 Å². The number of nitrogens with zero attached hydrogens (tertiary/aromatic N) is 2. The van der Waals surface area contributed by atoms with Crippen LogP contribution in [0.2, 0.25) is 0 Å². The van der Waals surface area contributed by atoms with Crippen LogP contribution in [0.5, 0.6) is 17.2 Å². The van der Waals surface area contributed by atoms with Crippen molar-refractivity contribution in [1.29, 1.82) is 0 Å². The number of ether oxygens (including phenoxy) is 2. The molecule has 1 heterocycles. The number of phenolic OH excluding ortho intramolecular Hbond substituents is 1. The van der Waals surface area contributed by atoms with Gasteiger partial charge in [0.2, 0.25) is 0 Å². The van der Waals surface area contributed by atoms with Crippen LogP contribution in [0.15, 0.2) is 96.1 Å². The first-order chi connectivity index (χ1) is 19.4. The molecule has 40 heavy (non-hydrogen) atoms. The average molecular weight is 557 g/mol. The molecule has 0 saturated carbocycles. The largest absolute Gasteiger partial charge is 0.507 e. The molecule has 1 aliphatic rings. The van der Waals surface area contributed by atoms with E-state index in [0.717, 1.165) is 5.56 Å². The molecule has 0 radical (unpaired) electrons. The number of hydrazone groups is 1. The fraction of sp³-hybridized carbons (Fsp3) is 0.129. The number of phenols is 1. The summed E-state index contributed by atoms with van der Waals surface area (Å²) in [6.07, 6.45) is 0. The summed E-state index contributed by atoms with van der Waals surface area (Å²) in [7, 11) is 1.52. The number of halogens is 1. The first-order valence-electron chi connectivity index (χ1n) is 12.4. The van der Waals surface area contributed by atoms with Gasteiger partial charge in [-0.1, -0.05) is 60.3 Å². The van der Waals surface area contributed by atoms with Crippen molar-refractivity contribution >= 4 is 28.5 Å². The predicted molar refractivity (Wildman–Crippen MR) is 151 cm³/mol. The van der Waals surface area contributed by atoms with E-state index in [1.165, 1.54) is 55.1 Å². The molecule has 4 aromatic rings. The van der Waals surface area contributed by atoms with Crippen molar-refractivity contribution in [2.75, 3.05) is 7.11 Å². The number of ketones is 1. The number of methoxy groups -OCH3 is 1. The summed E-state index contributed by atoms with van der Waals surface area (Å²) in [5.41, 5.74) is 2.85. The van der Waals surface area contributed by atoms with Gasteiger partial charge < -0.3 is 14.6 Å². The smallest absolute Gasteiger partial charge is 0.279 e. The van der Waals surface area contributed by atoms with E-state index in [9.17, 15) is 19.1 Å². The summed E-state index contributed by atoms with van der Waals surface area (Å²) in [6, 6.07) is 24.7. The lowest BCUT2D eigenvalue weighted by Crippen LogP contribution is -2.26. The van der Waals surface area contributed by atoms with Gasteiger partial charge in [0.1, 0.15) is 28.6 Å². The molecule has 1 amide bonds. The van der Waals surface area contributed by atoms with Crippen molar-refractivity contribution < 1.29 is 28.6 Å². The second-order valence-corrected chi connectivity index (χ2v) is 10.0. The zero-order chi connectivity index (χ0) is 28.2. The molecule has 4 aromatic carbocycles. The quantitative estimate of drug-likeness (QED) is 0.247. The van der Waals surface area contributed by atoms with Gasteiger partial charge in [-0.2, -0.15) is 5.10 Å². The maximum atomic E-state index is 13.6. The number of amides is 1. The topological polar surface area (TPSA) is 88.4 Å². The van der Waals surface area contributed by atoms with E-state index in [0.29, 0.717) is 33.2 Å². The van der Waals surface area contributed by atoms with Gasteiger partial charge in [-0.05, 0) is 55.0 Å². The third kappa shape index (κ3) is 5.55. The number of benzene rings is 4. The molecule has 5 rings (SSSR count). The number of thioether (sulfide) groups is 1. The average Bonchev–Trinajstić information content (AvgIpc) is 3.41. The van der Waals surface area contributed by atoms with E-state index < -0.39 is 11.3 Å². The molecule has 202 valence electrons. The van der Waals surface area contributed by atoms with Crippen LogP contribution in [0, 0.1) is 5.82 Å². The Morgan fingerprint density at radius 3 is 2.38 bits per heavy atom. The molecule has 0 spiro atoms. The number of Topliss-reactive ketones (excluding diaryl/α,β-unsaturated/α-hetero) is 1. The van der Waals surface area contributed by atoms with Crippen LogP contribution in [-0.2, 0) is 6.61 Å². The Hall–Kier alpha value is -4.63. The predicted octanol–water partition coefficient (Wildman–Crippen LogP) is 6.57. The highest BCUT2D eigenvalue weighted by Gasteiger charge is 2.37. The molecular formula is C31H25FN2O5S. The lowest BCUT2D eigenvalue weighted by Gasteiger charge is -2.24. The van der Waals surface area contributed by atoms with Gasteiger partial charge >= 0.3 is 0 Å². The first-order valence-corrected chi connectivity index (χ1v) is 13.3. The molecule has 0 bridgehead atoms. The number of para-hydroxylation sites is 2. The van der Waals surface area contributed by atoms with E-state index in [-0.39, 0.29) is 29.5 Å². The Bertz CT molecular complexity index is 1590. The molecule has 1 atom stereocenters. The number of aromatic hydroxyl groups is 1. The van der Waals surface area contributed by atoms with Gasteiger partial charge in [0.15, 0.2) is 17.3 Å². The Balaban J connectivity index is 1.48. The van der Waals surface area contributed by atoms with Gasteiger partial charge in [-0.3, -0.25) is 9.59 Å². The highest BCUT2D eigenvalue weighted by atomic mass is 32.2. The number of rotatable bonds is 8. The maximum absolute atomic E-state index is 13.6. The number of carbonyl (C=O) groups is 2. The summed E-state index contributed by atoms with van der Waals surface area (Å²) in [5.74, 6) is -0.185. The molecule has 7 nitrogen and oxygen atoms in total. The van der Waals surface area contributed by atoms with E-state index in [2.05, 4.69) is 5.10 Å². The third-order valence-corrected chi connectivity index (χ3v) is 7.53. The Kier molecular flexibility index (Phi) is 7.84. The van der Waals surface area contributed by atoms with Crippen LogP contribution in [0.4, 0.5) is 4.39 Å². The molecule has 0 aliphatic carbocycles. The van der Waals surface area contributed by atoms with Gasteiger partial charge in [-0.25, -0.2) is 9.40 Å². The molecule has 0 saturated heterocycles. The number of hydrogen-bond acceptors (Lipinski definition) is 7. The summed E-state index contributed by atoms with van der Waals surface area (Å²) in [5, 5.41) is 16.1. The Morgan fingerprint density at radius 2 is 1.70 bits per heavy atom. The van der Waals surface area contributed by atoms with Gasteiger partial charge in [0, 0.05) is 16.7 Å². The third-order valence-electron chi connectivity index (χ3n) is 6.31. The minimum Gasteiger partial charge on any atom is -0.507 e. The van der Waals surface area contributed by atoms with Crippen molar-refractivity contribution in [3.8, 4) is 17.2 Å². The summed E-state index contributed by atoms with van der Waals surface area (Å²) >= 11 is 1.30. The minimum absolute atomic E-state index is 0.0129. The molecular weight excluding hydrogens is 531 g/mol. The minimum atomic E-state index is -0.666. The zero-order valence-corrected chi connectivity index (χ0v) is 22.5. The number of carbonyl (C=O) groups excluding carboxylic acids is 2. The monoisotopic (exact) mass is 556 g/mol. The lowest BCUT2D eigenvalue weighted by molar-refractivity contribution is 0.0744. The lowest BCUT2D eigenvalue weighted by atomic mass is 10.1. The fourth-order valence-corrected chi connectivity index (χ4v) is 5.40. The van der Waals surface area contributed by atoms with Crippen molar-refractivity contribution in [3.05, 3.63) is 125 Å². The van der Waals surface area contributed by atoms with Gasteiger partial charge in [-0.15, -0.1) is 0 Å². The van der Waals surface area contributed by atoms with Crippen molar-refractivity contribution in [2.24, 2.45) is 5.10 Å². The standard InChI is InChI=1S/C31H25FN2O5S/c1-19(35)21-12-10-20(11-13-21)18-39-27-9-5-7-25(28(27)38-2)31-34(30(37)24-6-3-4-8-26(24)36)33-29(40-31)22-14-16-23(32)17-15-22/h3-17,31,36H,18H2,1-2H3. The summed E-state index contributed by atoms with van der Waals surface area (Å²) in [4.78, 5) is 25.2. The molecule has 9 heteroatoms. The highest BCUT2D eigenvalue weighted by molar-refractivity contribution is 8.14. The van der Waals surface area contributed by atoms with Crippen molar-refractivity contribution in [1.82, 2.24) is 5.01 Å². The SMILES string of the molecule is COc1c(OCc2ccc(C(C)=O)cc2)cccc1C1SC(c2ccc(F)cc2)=NN1C(=O)c1ccccc1O. The van der Waals surface area contributed by atoms with Gasteiger partial charge in [0.05, 0.1) is 12.7 Å². The maximum Gasteiger partial charge on any atom is 0.279 e. The second kappa shape index (κ2) is 11.6. The van der Waals surface area contributed by atoms with E-state index in [4.69, 9.17) is 9.47 Å². The fourth-order valence-electron chi connectivity index (χ4n) is 4.23. The van der Waals surface area contributed by atoms with Crippen LogP contribution in [-0.4, -0.2) is 34.0 Å². The first kappa shape index (κ1) is 27.0. The molecule has 1 N–H and O–H groups in total.